The molecule has 0 unspecified atom stereocenters. The van der Waals surface area contributed by atoms with Gasteiger partial charge in [0.15, 0.2) is 17.3 Å². The highest BCUT2D eigenvalue weighted by atomic mass is 16.5. The largest absolute Gasteiger partial charge is 0.493 e. The van der Waals surface area contributed by atoms with Crippen LogP contribution in [0.1, 0.15) is 46.8 Å². The van der Waals surface area contributed by atoms with Gasteiger partial charge in [-0.25, -0.2) is 0 Å². The van der Waals surface area contributed by atoms with E-state index in [9.17, 15) is 9.59 Å². The van der Waals surface area contributed by atoms with Crippen LogP contribution in [0.25, 0.3) is 0 Å². The topological polar surface area (TPSA) is 86.8 Å². The highest BCUT2D eigenvalue weighted by Gasteiger charge is 2.31. The molecule has 0 atom stereocenters. The molecule has 232 valence electrons. The molecule has 2 aliphatic heterocycles. The molecule has 2 fully saturated rings. The van der Waals surface area contributed by atoms with Crippen molar-refractivity contribution in [2.24, 2.45) is 0 Å². The van der Waals surface area contributed by atoms with Crippen molar-refractivity contribution >= 4 is 11.7 Å². The van der Waals surface area contributed by atoms with Gasteiger partial charge in [0.1, 0.15) is 24.7 Å². The number of piperidine rings is 1. The molecule has 4 rings (SSSR count). The minimum absolute atomic E-state index is 0.0213. The van der Waals surface area contributed by atoms with Crippen molar-refractivity contribution < 1.29 is 33.3 Å². The zero-order chi connectivity index (χ0) is 30.8. The van der Waals surface area contributed by atoms with Gasteiger partial charge in [-0.15, -0.1) is 0 Å². The van der Waals surface area contributed by atoms with Gasteiger partial charge in [-0.2, -0.15) is 0 Å². The monoisotopic (exact) mass is 592 g/mol. The number of morpholine rings is 1. The minimum atomic E-state index is -0.279. The molecular formula is C34H44N2O7. The van der Waals surface area contributed by atoms with Crippen LogP contribution in [0.5, 0.6) is 23.0 Å². The molecule has 2 aromatic rings. The highest BCUT2D eigenvalue weighted by molar-refractivity contribution is 6.13. The molecule has 0 spiro atoms. The predicted molar refractivity (Wildman–Crippen MR) is 166 cm³/mol. The third-order valence-corrected chi connectivity index (χ3v) is 8.12. The van der Waals surface area contributed by atoms with Crippen LogP contribution in [0.15, 0.2) is 49.6 Å². The summed E-state index contributed by atoms with van der Waals surface area (Å²) < 4.78 is 28.5. The van der Waals surface area contributed by atoms with Crippen LogP contribution >= 0.6 is 0 Å². The number of amides is 1. The van der Waals surface area contributed by atoms with Crippen molar-refractivity contribution in [2.45, 2.75) is 38.6 Å². The number of benzene rings is 2. The average Bonchev–Trinajstić information content (AvgIpc) is 3.06. The van der Waals surface area contributed by atoms with Gasteiger partial charge >= 0.3 is 0 Å². The zero-order valence-corrected chi connectivity index (χ0v) is 25.7. The first-order valence-electron chi connectivity index (χ1n) is 15.0. The number of rotatable bonds is 14. The molecule has 9 nitrogen and oxygen atoms in total. The molecule has 0 aromatic heterocycles. The van der Waals surface area contributed by atoms with Gasteiger partial charge in [-0.05, 0) is 48.6 Å². The molecule has 2 aliphatic rings. The van der Waals surface area contributed by atoms with E-state index in [2.05, 4.69) is 18.1 Å². The van der Waals surface area contributed by atoms with E-state index in [1.54, 1.807) is 43.5 Å². The molecule has 0 aliphatic carbocycles. The number of carbonyl (C=O) groups is 2. The van der Waals surface area contributed by atoms with Crippen LogP contribution in [0, 0.1) is 0 Å². The zero-order valence-electron chi connectivity index (χ0n) is 25.7. The van der Waals surface area contributed by atoms with Gasteiger partial charge in [-0.3, -0.25) is 14.5 Å². The van der Waals surface area contributed by atoms with E-state index in [1.807, 2.05) is 11.8 Å². The van der Waals surface area contributed by atoms with Crippen LogP contribution < -0.4 is 18.9 Å². The van der Waals surface area contributed by atoms with Crippen LogP contribution in [-0.4, -0.2) is 94.4 Å². The Labute approximate surface area is 255 Å². The normalized spacial score (nSPS) is 15.9. The summed E-state index contributed by atoms with van der Waals surface area (Å²) in [6.07, 6.45) is 5.72. The summed E-state index contributed by atoms with van der Waals surface area (Å²) in [7, 11) is 3.07. The van der Waals surface area contributed by atoms with Crippen molar-refractivity contribution in [3.63, 3.8) is 0 Å². The molecule has 2 saturated heterocycles. The molecule has 2 heterocycles. The summed E-state index contributed by atoms with van der Waals surface area (Å²) in [6, 6.07) is 7.23. The third-order valence-electron chi connectivity index (χ3n) is 8.12. The lowest BCUT2D eigenvalue weighted by atomic mass is 9.89. The lowest BCUT2D eigenvalue weighted by molar-refractivity contribution is -0.132. The summed E-state index contributed by atoms with van der Waals surface area (Å²) in [4.78, 5) is 32.6. The number of carbonyl (C=O) groups excluding carboxylic acids is 2. The maximum absolute atomic E-state index is 14.3. The molecule has 0 radical (unpaired) electrons. The fourth-order valence-electron chi connectivity index (χ4n) is 5.91. The number of ether oxygens (including phenoxy) is 5. The second-order valence-electron chi connectivity index (χ2n) is 10.6. The van der Waals surface area contributed by atoms with Crippen LogP contribution in [0.4, 0.5) is 0 Å². The molecule has 1 amide bonds. The Hall–Kier alpha value is -3.82. The van der Waals surface area contributed by atoms with E-state index < -0.39 is 0 Å². The summed E-state index contributed by atoms with van der Waals surface area (Å²) in [5.41, 5.74) is 2.15. The Kier molecular flexibility index (Phi) is 11.6. The number of ketones is 1. The van der Waals surface area contributed by atoms with E-state index in [1.165, 1.54) is 7.11 Å². The van der Waals surface area contributed by atoms with E-state index in [0.717, 1.165) is 44.7 Å². The number of methoxy groups -OCH3 is 2. The Balaban J connectivity index is 1.72. The van der Waals surface area contributed by atoms with Crippen LogP contribution in [0.2, 0.25) is 0 Å². The van der Waals surface area contributed by atoms with Crippen molar-refractivity contribution in [3.05, 3.63) is 71.8 Å². The molecule has 43 heavy (non-hydrogen) atoms. The number of hydrogen-bond donors (Lipinski definition) is 0. The Bertz CT molecular complexity index is 1290. The van der Waals surface area contributed by atoms with Gasteiger partial charge in [0.25, 0.3) is 0 Å². The van der Waals surface area contributed by atoms with Gasteiger partial charge in [0, 0.05) is 43.9 Å². The van der Waals surface area contributed by atoms with Crippen molar-refractivity contribution in [1.82, 2.24) is 9.80 Å². The molecule has 0 bridgehead atoms. The van der Waals surface area contributed by atoms with E-state index >= 15 is 0 Å². The maximum Gasteiger partial charge on any atom is 0.227 e. The van der Waals surface area contributed by atoms with Crippen LogP contribution in [-0.2, 0) is 22.4 Å². The Morgan fingerprint density at radius 3 is 2.14 bits per heavy atom. The van der Waals surface area contributed by atoms with E-state index in [-0.39, 0.29) is 31.3 Å². The quantitative estimate of drug-likeness (QED) is 0.234. The first-order valence-corrected chi connectivity index (χ1v) is 15.0. The van der Waals surface area contributed by atoms with Crippen molar-refractivity contribution in [2.75, 3.05) is 66.8 Å². The van der Waals surface area contributed by atoms with Gasteiger partial charge < -0.3 is 28.6 Å². The number of hydrogen-bond acceptors (Lipinski definition) is 8. The van der Waals surface area contributed by atoms with Crippen LogP contribution in [0.3, 0.4) is 0 Å². The standard InChI is InChI=1S/C34H44N2O7/c1-6-17-42-29-23-31(43-18-7-2)33(34(38)24-9-10-28(39-4)30(21-24)40-5)27(26(29)8-3)22-32(37)36-13-11-25(12-14-36)35-15-19-41-20-16-35/h6-7,9-10,21,23,25H,1-2,8,11-20,22H2,3-5H3. The smallest absolute Gasteiger partial charge is 0.227 e. The summed E-state index contributed by atoms with van der Waals surface area (Å²) in [5.74, 6) is 1.56. The average molecular weight is 593 g/mol. The van der Waals surface area contributed by atoms with E-state index in [4.69, 9.17) is 23.7 Å². The first-order chi connectivity index (χ1) is 20.9. The van der Waals surface area contributed by atoms with Crippen molar-refractivity contribution in [3.8, 4) is 23.0 Å². The molecule has 0 N–H and O–H groups in total. The second-order valence-corrected chi connectivity index (χ2v) is 10.6. The summed E-state index contributed by atoms with van der Waals surface area (Å²) >= 11 is 0. The summed E-state index contributed by atoms with van der Waals surface area (Å²) in [5, 5.41) is 0. The number of nitrogens with zero attached hydrogens (tertiary/aromatic N) is 2. The van der Waals surface area contributed by atoms with E-state index in [0.29, 0.717) is 65.2 Å². The molecular weight excluding hydrogens is 548 g/mol. The Morgan fingerprint density at radius 2 is 1.53 bits per heavy atom. The fourth-order valence-corrected chi connectivity index (χ4v) is 5.91. The Morgan fingerprint density at radius 1 is 0.884 bits per heavy atom. The minimum Gasteiger partial charge on any atom is -0.493 e. The lowest BCUT2D eigenvalue weighted by Crippen LogP contribution is -2.50. The van der Waals surface area contributed by atoms with Crippen molar-refractivity contribution in [1.29, 1.82) is 0 Å². The first kappa shape index (κ1) is 32.1. The lowest BCUT2D eigenvalue weighted by Gasteiger charge is -2.40. The maximum atomic E-state index is 14.3. The highest BCUT2D eigenvalue weighted by Crippen LogP contribution is 2.38. The van der Waals surface area contributed by atoms with Gasteiger partial charge in [0.2, 0.25) is 5.91 Å². The number of likely N-dealkylation sites (tertiary alicyclic amines) is 1. The van der Waals surface area contributed by atoms with Gasteiger partial charge in [-0.1, -0.05) is 32.2 Å². The molecule has 9 heteroatoms. The molecule has 0 saturated carbocycles. The molecule has 2 aromatic carbocycles. The third kappa shape index (κ3) is 7.58. The fraction of sp³-hybridized carbons (Fsp3) is 0.471. The second kappa shape index (κ2) is 15.6. The summed E-state index contributed by atoms with van der Waals surface area (Å²) in [6.45, 7) is 14.7. The predicted octanol–water partition coefficient (Wildman–Crippen LogP) is 4.49. The SMILES string of the molecule is C=CCOc1cc(OCC=C)c(C(=O)c2ccc(OC)c(OC)c2)c(CC(=O)N2CCC(N3CCOCC3)CC2)c1CC. The van der Waals surface area contributed by atoms with Gasteiger partial charge in [0.05, 0.1) is 39.4 Å².